The molecule has 0 saturated heterocycles. The molecule has 0 aliphatic heterocycles. The Hall–Kier alpha value is -2.29. The average molecular weight is 349 g/mol. The molecule has 0 saturated carbocycles. The number of anilines is 2. The quantitative estimate of drug-likeness (QED) is 0.714. The highest BCUT2D eigenvalue weighted by Gasteiger charge is 2.08. The van der Waals surface area contributed by atoms with Crippen LogP contribution in [0.1, 0.15) is 6.92 Å². The predicted octanol–water partition coefficient (Wildman–Crippen LogP) is 2.37. The molecule has 0 radical (unpaired) electrons. The minimum Gasteiger partial charge on any atom is -0.382 e. The van der Waals surface area contributed by atoms with Gasteiger partial charge in [-0.25, -0.2) is 4.98 Å². The Labute approximate surface area is 144 Å². The first-order valence-corrected chi connectivity index (χ1v) is 8.16. The maximum atomic E-state index is 11.7. The zero-order valence-corrected chi connectivity index (χ0v) is 14.3. The molecule has 7 nitrogen and oxygen atoms in total. The van der Waals surface area contributed by atoms with E-state index in [9.17, 15) is 9.59 Å². The molecular weight excluding hydrogens is 330 g/mol. The third-order valence-corrected chi connectivity index (χ3v) is 3.67. The molecule has 1 heterocycles. The van der Waals surface area contributed by atoms with Crippen LogP contribution in [-0.4, -0.2) is 43.7 Å². The number of ether oxygens (including phenoxy) is 2. The number of methoxy groups -OCH3 is 1. The van der Waals surface area contributed by atoms with Crippen molar-refractivity contribution in [2.45, 2.75) is 6.92 Å². The van der Waals surface area contributed by atoms with Crippen LogP contribution in [0.5, 0.6) is 0 Å². The Morgan fingerprint density at radius 1 is 1.17 bits per heavy atom. The standard InChI is InChI=1S/C16H19N3O4S/c1-11(20)17-13-5-3-12(4-6-13)14-10-24-16(18-14)19-15(21)9-23-8-7-22-2/h3-6,10H,7-9H2,1-2H3,(H,17,20)(H,18,19,21). The Morgan fingerprint density at radius 2 is 1.92 bits per heavy atom. The van der Waals surface area contributed by atoms with Gasteiger partial charge >= 0.3 is 0 Å². The molecule has 1 aromatic carbocycles. The normalized spacial score (nSPS) is 10.4. The zero-order valence-electron chi connectivity index (χ0n) is 13.5. The molecule has 0 atom stereocenters. The number of thiazole rings is 1. The number of nitrogens with one attached hydrogen (secondary N) is 2. The van der Waals surface area contributed by atoms with Crippen LogP contribution in [0.25, 0.3) is 11.3 Å². The van der Waals surface area contributed by atoms with E-state index in [4.69, 9.17) is 9.47 Å². The van der Waals surface area contributed by atoms with Gasteiger partial charge in [0, 0.05) is 30.7 Å². The van der Waals surface area contributed by atoms with Gasteiger partial charge in [-0.15, -0.1) is 11.3 Å². The van der Waals surface area contributed by atoms with Gasteiger partial charge in [0.15, 0.2) is 5.13 Å². The summed E-state index contributed by atoms with van der Waals surface area (Å²) >= 11 is 1.34. The lowest BCUT2D eigenvalue weighted by Gasteiger charge is -2.04. The molecule has 8 heteroatoms. The lowest BCUT2D eigenvalue weighted by Crippen LogP contribution is -2.19. The van der Waals surface area contributed by atoms with Gasteiger partial charge < -0.3 is 14.8 Å². The highest BCUT2D eigenvalue weighted by Crippen LogP contribution is 2.25. The number of benzene rings is 1. The van der Waals surface area contributed by atoms with Crippen molar-refractivity contribution in [2.75, 3.05) is 37.6 Å². The highest BCUT2D eigenvalue weighted by atomic mass is 32.1. The zero-order chi connectivity index (χ0) is 17.4. The van der Waals surface area contributed by atoms with E-state index >= 15 is 0 Å². The number of carbonyl (C=O) groups excluding carboxylic acids is 2. The van der Waals surface area contributed by atoms with Crippen molar-refractivity contribution < 1.29 is 19.1 Å². The van der Waals surface area contributed by atoms with Crippen LogP contribution in [0.2, 0.25) is 0 Å². The minimum atomic E-state index is -0.256. The second-order valence-corrected chi connectivity index (χ2v) is 5.75. The van der Waals surface area contributed by atoms with Gasteiger partial charge in [-0.05, 0) is 12.1 Å². The largest absolute Gasteiger partial charge is 0.382 e. The number of rotatable bonds is 8. The molecule has 1 aromatic heterocycles. The SMILES string of the molecule is COCCOCC(=O)Nc1nc(-c2ccc(NC(C)=O)cc2)cs1. The van der Waals surface area contributed by atoms with Gasteiger partial charge in [-0.2, -0.15) is 0 Å². The fourth-order valence-corrected chi connectivity index (χ4v) is 2.59. The fourth-order valence-electron chi connectivity index (χ4n) is 1.85. The molecule has 0 aliphatic carbocycles. The molecule has 2 amide bonds. The second-order valence-electron chi connectivity index (χ2n) is 4.89. The van der Waals surface area contributed by atoms with Gasteiger partial charge in [0.05, 0.1) is 18.9 Å². The molecule has 2 N–H and O–H groups in total. The van der Waals surface area contributed by atoms with Crippen LogP contribution < -0.4 is 10.6 Å². The van der Waals surface area contributed by atoms with E-state index in [1.165, 1.54) is 18.3 Å². The second kappa shape index (κ2) is 9.11. The summed E-state index contributed by atoms with van der Waals surface area (Å²) in [5.74, 6) is -0.373. The van der Waals surface area contributed by atoms with E-state index < -0.39 is 0 Å². The molecule has 24 heavy (non-hydrogen) atoms. The molecule has 0 unspecified atom stereocenters. The molecule has 0 bridgehead atoms. The maximum absolute atomic E-state index is 11.7. The van der Waals surface area contributed by atoms with Crippen LogP contribution in [0.15, 0.2) is 29.6 Å². The van der Waals surface area contributed by atoms with Gasteiger partial charge in [0.25, 0.3) is 5.91 Å². The molecule has 2 rings (SSSR count). The van der Waals surface area contributed by atoms with Crippen LogP contribution in [0.4, 0.5) is 10.8 Å². The van der Waals surface area contributed by atoms with Crippen molar-refractivity contribution in [3.8, 4) is 11.3 Å². The van der Waals surface area contributed by atoms with Crippen LogP contribution in [0.3, 0.4) is 0 Å². The first-order chi connectivity index (χ1) is 11.6. The maximum Gasteiger partial charge on any atom is 0.252 e. The van der Waals surface area contributed by atoms with Crippen molar-refractivity contribution in [1.29, 1.82) is 0 Å². The smallest absolute Gasteiger partial charge is 0.252 e. The van der Waals surface area contributed by atoms with Gasteiger partial charge in [-0.1, -0.05) is 12.1 Å². The number of hydrogen-bond acceptors (Lipinski definition) is 6. The number of amides is 2. The molecule has 128 valence electrons. The van der Waals surface area contributed by atoms with Crippen molar-refractivity contribution in [3.63, 3.8) is 0 Å². The van der Waals surface area contributed by atoms with Crippen LogP contribution >= 0.6 is 11.3 Å². The number of hydrogen-bond donors (Lipinski definition) is 2. The van der Waals surface area contributed by atoms with Gasteiger partial charge in [0.2, 0.25) is 5.91 Å². The van der Waals surface area contributed by atoms with Crippen molar-refractivity contribution in [2.24, 2.45) is 0 Å². The van der Waals surface area contributed by atoms with E-state index in [-0.39, 0.29) is 18.4 Å². The Bertz CT molecular complexity index is 685. The van der Waals surface area contributed by atoms with Crippen molar-refractivity contribution in [1.82, 2.24) is 4.98 Å². The summed E-state index contributed by atoms with van der Waals surface area (Å²) in [6, 6.07) is 7.33. The van der Waals surface area contributed by atoms with E-state index in [0.717, 1.165) is 16.9 Å². The van der Waals surface area contributed by atoms with Crippen LogP contribution in [0, 0.1) is 0 Å². The highest BCUT2D eigenvalue weighted by molar-refractivity contribution is 7.14. The van der Waals surface area contributed by atoms with E-state index in [1.54, 1.807) is 19.2 Å². The summed E-state index contributed by atoms with van der Waals surface area (Å²) in [4.78, 5) is 27.1. The Kier molecular flexibility index (Phi) is 6.86. The van der Waals surface area contributed by atoms with E-state index in [1.807, 2.05) is 17.5 Å². The molecular formula is C16H19N3O4S. The van der Waals surface area contributed by atoms with Gasteiger partial charge in [-0.3, -0.25) is 14.9 Å². The molecule has 2 aromatic rings. The molecule has 0 fully saturated rings. The summed E-state index contributed by atoms with van der Waals surface area (Å²) in [7, 11) is 1.57. The summed E-state index contributed by atoms with van der Waals surface area (Å²) in [6.07, 6.45) is 0. The first-order valence-electron chi connectivity index (χ1n) is 7.28. The average Bonchev–Trinajstić information content (AvgIpc) is 3.00. The summed E-state index contributed by atoms with van der Waals surface area (Å²) in [6.45, 7) is 2.24. The third-order valence-electron chi connectivity index (χ3n) is 2.92. The molecule has 0 aliphatic rings. The van der Waals surface area contributed by atoms with E-state index in [2.05, 4.69) is 15.6 Å². The predicted molar refractivity (Wildman–Crippen MR) is 93.2 cm³/mol. The minimum absolute atomic E-state index is 0.0380. The number of aromatic nitrogens is 1. The van der Waals surface area contributed by atoms with Crippen LogP contribution in [-0.2, 0) is 19.1 Å². The third kappa shape index (κ3) is 5.73. The van der Waals surface area contributed by atoms with Crippen molar-refractivity contribution >= 4 is 34.0 Å². The summed E-state index contributed by atoms with van der Waals surface area (Å²) in [5.41, 5.74) is 2.38. The monoisotopic (exact) mass is 349 g/mol. The summed E-state index contributed by atoms with van der Waals surface area (Å²) in [5, 5.41) is 7.77. The van der Waals surface area contributed by atoms with Crippen molar-refractivity contribution in [3.05, 3.63) is 29.6 Å². The number of carbonyl (C=O) groups is 2. The lowest BCUT2D eigenvalue weighted by atomic mass is 10.1. The fraction of sp³-hybridized carbons (Fsp3) is 0.312. The van der Waals surface area contributed by atoms with Gasteiger partial charge in [0.1, 0.15) is 6.61 Å². The Morgan fingerprint density at radius 3 is 2.58 bits per heavy atom. The lowest BCUT2D eigenvalue weighted by molar-refractivity contribution is -0.121. The van der Waals surface area contributed by atoms with E-state index in [0.29, 0.717) is 18.3 Å². The number of nitrogens with zero attached hydrogens (tertiary/aromatic N) is 1. The topological polar surface area (TPSA) is 89.6 Å². The molecule has 0 spiro atoms. The summed E-state index contributed by atoms with van der Waals surface area (Å²) < 4.78 is 9.98. The Balaban J connectivity index is 1.90. The first kappa shape index (κ1) is 18.1.